The normalized spacial score (nSPS) is 25.0. The van der Waals surface area contributed by atoms with E-state index in [1.54, 1.807) is 0 Å². The van der Waals surface area contributed by atoms with Crippen LogP contribution in [0.4, 0.5) is 0 Å². The van der Waals surface area contributed by atoms with Crippen LogP contribution in [0, 0.1) is 5.92 Å². The predicted octanol–water partition coefficient (Wildman–Crippen LogP) is 2.16. The van der Waals surface area contributed by atoms with Crippen molar-refractivity contribution in [1.29, 1.82) is 0 Å². The van der Waals surface area contributed by atoms with E-state index < -0.39 is 5.60 Å². The molecule has 1 saturated carbocycles. The minimum atomic E-state index is -0.552. The molecule has 0 amide bonds. The summed E-state index contributed by atoms with van der Waals surface area (Å²) >= 11 is 0. The molecule has 1 aromatic rings. The van der Waals surface area contributed by atoms with Crippen molar-refractivity contribution in [3.05, 3.63) is 29.8 Å². The van der Waals surface area contributed by atoms with Crippen LogP contribution in [0.2, 0.25) is 0 Å². The van der Waals surface area contributed by atoms with E-state index in [2.05, 4.69) is 5.32 Å². The van der Waals surface area contributed by atoms with Gasteiger partial charge in [0.15, 0.2) is 5.78 Å². The van der Waals surface area contributed by atoms with Crippen LogP contribution in [0.1, 0.15) is 42.5 Å². The molecule has 0 radical (unpaired) electrons. The fraction of sp³-hybridized carbons (Fsp3) is 0.588. The molecule has 4 heteroatoms. The van der Waals surface area contributed by atoms with Gasteiger partial charge < -0.3 is 15.2 Å². The molecular formula is C17H23NO3. The predicted molar refractivity (Wildman–Crippen MR) is 80.7 cm³/mol. The van der Waals surface area contributed by atoms with Crippen molar-refractivity contribution in [1.82, 2.24) is 5.32 Å². The Balaban J connectivity index is 1.42. The molecule has 3 rings (SSSR count). The van der Waals surface area contributed by atoms with E-state index in [1.807, 2.05) is 24.3 Å². The van der Waals surface area contributed by atoms with E-state index in [-0.39, 0.29) is 11.7 Å². The van der Waals surface area contributed by atoms with Gasteiger partial charge in [-0.25, -0.2) is 0 Å². The van der Waals surface area contributed by atoms with Crippen molar-refractivity contribution >= 4 is 5.78 Å². The Morgan fingerprint density at radius 2 is 2.10 bits per heavy atom. The van der Waals surface area contributed by atoms with E-state index in [0.29, 0.717) is 13.2 Å². The number of carbonyl (C=O) groups is 1. The molecule has 1 aliphatic carbocycles. The van der Waals surface area contributed by atoms with Gasteiger partial charge in [-0.05, 0) is 62.9 Å². The number of β-amino-alcohol motifs (C(OH)–C–C–N with tert-alkyl or cyclic N) is 1. The zero-order chi connectivity index (χ0) is 14.7. The third-order valence-corrected chi connectivity index (χ3v) is 4.36. The number of nitrogens with one attached hydrogen (secondary N) is 1. The summed E-state index contributed by atoms with van der Waals surface area (Å²) in [5, 5.41) is 13.4. The van der Waals surface area contributed by atoms with Crippen LogP contribution in [0.15, 0.2) is 24.3 Å². The van der Waals surface area contributed by atoms with Crippen LogP contribution in [-0.4, -0.2) is 36.2 Å². The van der Waals surface area contributed by atoms with Gasteiger partial charge in [0.05, 0.1) is 12.2 Å². The molecule has 1 saturated heterocycles. The number of carbonyl (C=O) groups excluding carboxylic acids is 1. The van der Waals surface area contributed by atoms with Crippen LogP contribution >= 0.6 is 0 Å². The topological polar surface area (TPSA) is 58.6 Å². The van der Waals surface area contributed by atoms with Crippen LogP contribution < -0.4 is 10.1 Å². The summed E-state index contributed by atoms with van der Waals surface area (Å²) in [6.45, 7) is 2.18. The molecule has 21 heavy (non-hydrogen) atoms. The first-order valence-corrected chi connectivity index (χ1v) is 7.86. The highest BCUT2D eigenvalue weighted by atomic mass is 16.5. The molecule has 1 unspecified atom stereocenters. The first kappa shape index (κ1) is 14.5. The molecule has 0 aromatic heterocycles. The summed E-state index contributed by atoms with van der Waals surface area (Å²) in [5.74, 6) is 1.31. The summed E-state index contributed by atoms with van der Waals surface area (Å²) in [6.07, 6.45) is 4.49. The van der Waals surface area contributed by atoms with Crippen molar-refractivity contribution in [2.75, 3.05) is 19.7 Å². The fourth-order valence-electron chi connectivity index (χ4n) is 2.83. The van der Waals surface area contributed by atoms with E-state index in [9.17, 15) is 9.90 Å². The highest BCUT2D eigenvalue weighted by molar-refractivity contribution is 5.99. The number of hydrogen-bond donors (Lipinski definition) is 2. The van der Waals surface area contributed by atoms with Gasteiger partial charge >= 0.3 is 0 Å². The second kappa shape index (κ2) is 6.16. The quantitative estimate of drug-likeness (QED) is 0.596. The zero-order valence-corrected chi connectivity index (χ0v) is 12.3. The van der Waals surface area contributed by atoms with Gasteiger partial charge in [0, 0.05) is 18.0 Å². The maximum atomic E-state index is 11.9. The highest BCUT2D eigenvalue weighted by Crippen LogP contribution is 2.32. The molecule has 0 bridgehead atoms. The van der Waals surface area contributed by atoms with E-state index >= 15 is 0 Å². The van der Waals surface area contributed by atoms with Crippen LogP contribution in [0.5, 0.6) is 5.75 Å². The Hall–Kier alpha value is -1.39. The number of hydrogen-bond acceptors (Lipinski definition) is 4. The third-order valence-electron chi connectivity index (χ3n) is 4.36. The van der Waals surface area contributed by atoms with Crippen molar-refractivity contribution in [2.45, 2.75) is 37.7 Å². The number of ether oxygens (including phenoxy) is 1. The molecule has 114 valence electrons. The minimum absolute atomic E-state index is 0.262. The molecule has 2 fully saturated rings. The summed E-state index contributed by atoms with van der Waals surface area (Å²) in [4.78, 5) is 11.9. The first-order chi connectivity index (χ1) is 10.2. The largest absolute Gasteiger partial charge is 0.494 e. The molecular weight excluding hydrogens is 266 g/mol. The number of benzene rings is 1. The fourth-order valence-corrected chi connectivity index (χ4v) is 2.83. The van der Waals surface area contributed by atoms with Gasteiger partial charge in [-0.2, -0.15) is 0 Å². The lowest BCUT2D eigenvalue weighted by atomic mass is 9.97. The molecule has 0 spiro atoms. The molecule has 1 heterocycles. The van der Waals surface area contributed by atoms with Gasteiger partial charge in [-0.3, -0.25) is 4.79 Å². The number of Topliss-reactive ketones (excluding diaryl/α,β-unsaturated/α-hetero) is 1. The lowest BCUT2D eigenvalue weighted by Gasteiger charge is -2.20. The van der Waals surface area contributed by atoms with Crippen LogP contribution in [0.3, 0.4) is 0 Å². The van der Waals surface area contributed by atoms with Gasteiger partial charge in [-0.15, -0.1) is 0 Å². The van der Waals surface area contributed by atoms with Gasteiger partial charge in [0.25, 0.3) is 0 Å². The molecule has 2 aliphatic rings. The SMILES string of the molecule is O=C(c1ccc(OCCCC2(O)CCNC2)cc1)C1CC1. The molecule has 1 atom stereocenters. The van der Waals surface area contributed by atoms with Gasteiger partial charge in [0.1, 0.15) is 5.75 Å². The number of aliphatic hydroxyl groups is 1. The van der Waals surface area contributed by atoms with Crippen molar-refractivity contribution in [3.63, 3.8) is 0 Å². The molecule has 1 aliphatic heterocycles. The smallest absolute Gasteiger partial charge is 0.165 e. The van der Waals surface area contributed by atoms with Crippen molar-refractivity contribution in [3.8, 4) is 5.75 Å². The number of ketones is 1. The number of rotatable bonds is 7. The second-order valence-corrected chi connectivity index (χ2v) is 6.27. The standard InChI is InChI=1S/C17H23NO3/c19-16(13-2-3-13)14-4-6-15(7-5-14)21-11-1-8-17(20)9-10-18-12-17/h4-7,13,18,20H,1-3,8-12H2. The monoisotopic (exact) mass is 289 g/mol. The van der Waals surface area contributed by atoms with Gasteiger partial charge in [0.2, 0.25) is 0 Å². The van der Waals surface area contributed by atoms with Crippen LogP contribution in [-0.2, 0) is 0 Å². The average Bonchev–Trinajstić information content (AvgIpc) is 3.26. The Bertz CT molecular complexity index is 487. The van der Waals surface area contributed by atoms with E-state index in [1.165, 1.54) is 0 Å². The lowest BCUT2D eigenvalue weighted by molar-refractivity contribution is 0.0462. The Kier molecular flexibility index (Phi) is 4.27. The Labute approximate surface area is 125 Å². The maximum Gasteiger partial charge on any atom is 0.165 e. The molecule has 1 aromatic carbocycles. The van der Waals surface area contributed by atoms with Crippen molar-refractivity contribution in [2.24, 2.45) is 5.92 Å². The molecule has 2 N–H and O–H groups in total. The van der Waals surface area contributed by atoms with E-state index in [4.69, 9.17) is 4.74 Å². The maximum absolute atomic E-state index is 11.9. The minimum Gasteiger partial charge on any atom is -0.494 e. The van der Waals surface area contributed by atoms with Crippen molar-refractivity contribution < 1.29 is 14.6 Å². The Morgan fingerprint density at radius 1 is 1.33 bits per heavy atom. The lowest BCUT2D eigenvalue weighted by Crippen LogP contribution is -2.31. The summed E-state index contributed by atoms with van der Waals surface area (Å²) in [6, 6.07) is 7.43. The van der Waals surface area contributed by atoms with Crippen LogP contribution in [0.25, 0.3) is 0 Å². The van der Waals surface area contributed by atoms with E-state index in [0.717, 1.165) is 50.0 Å². The average molecular weight is 289 g/mol. The second-order valence-electron chi connectivity index (χ2n) is 6.27. The third kappa shape index (κ3) is 3.83. The Morgan fingerprint density at radius 3 is 2.71 bits per heavy atom. The summed E-state index contributed by atoms with van der Waals surface area (Å²) in [7, 11) is 0. The van der Waals surface area contributed by atoms with Gasteiger partial charge in [-0.1, -0.05) is 0 Å². The molecule has 4 nitrogen and oxygen atoms in total. The zero-order valence-electron chi connectivity index (χ0n) is 12.3. The highest BCUT2D eigenvalue weighted by Gasteiger charge is 2.31. The summed E-state index contributed by atoms with van der Waals surface area (Å²) in [5.41, 5.74) is 0.236. The first-order valence-electron chi connectivity index (χ1n) is 7.86. The summed E-state index contributed by atoms with van der Waals surface area (Å²) < 4.78 is 5.68.